The average molecular weight is 359 g/mol. The molecule has 0 amide bonds. The van der Waals surface area contributed by atoms with Gasteiger partial charge in [-0.3, -0.25) is 0 Å². The van der Waals surface area contributed by atoms with E-state index in [9.17, 15) is 8.78 Å². The second kappa shape index (κ2) is 11.5. The van der Waals surface area contributed by atoms with Gasteiger partial charge in [0.25, 0.3) is 0 Å². The van der Waals surface area contributed by atoms with Gasteiger partial charge in [-0.1, -0.05) is 54.4 Å². The molecule has 2 aliphatic rings. The molecule has 2 fully saturated rings. The Bertz CT molecular complexity index is 333. The van der Waals surface area contributed by atoms with Crippen LogP contribution in [-0.4, -0.2) is 12.3 Å². The minimum atomic E-state index is -1.22. The molecule has 25 heavy (non-hydrogen) atoms. The van der Waals surface area contributed by atoms with E-state index >= 15 is 0 Å². The first-order valence-electron chi connectivity index (χ1n) is 11.2. The molecular formula is C23H44F2. The van der Waals surface area contributed by atoms with Crippen molar-refractivity contribution in [2.24, 2.45) is 35.5 Å². The first-order valence-corrected chi connectivity index (χ1v) is 11.2. The van der Waals surface area contributed by atoms with Crippen molar-refractivity contribution in [1.82, 2.24) is 0 Å². The van der Waals surface area contributed by atoms with Crippen molar-refractivity contribution >= 4 is 0 Å². The van der Waals surface area contributed by atoms with Gasteiger partial charge in [0, 0.05) is 0 Å². The lowest BCUT2D eigenvalue weighted by molar-refractivity contribution is -0.00913. The minimum Gasteiger partial charge on any atom is -0.244 e. The summed E-state index contributed by atoms with van der Waals surface area (Å²) in [6.07, 6.45) is 8.07. The third-order valence-electron chi connectivity index (χ3n) is 6.94. The lowest BCUT2D eigenvalue weighted by atomic mass is 9.65. The summed E-state index contributed by atoms with van der Waals surface area (Å²) in [5.74, 6) is 2.82. The Hall–Kier alpha value is -0.140. The second-order valence-corrected chi connectivity index (χ2v) is 8.92. The maximum absolute atomic E-state index is 14.4. The van der Waals surface area contributed by atoms with E-state index in [0.29, 0.717) is 5.92 Å². The summed E-state index contributed by atoms with van der Waals surface area (Å²) in [4.78, 5) is 0. The van der Waals surface area contributed by atoms with Crippen molar-refractivity contribution in [3.8, 4) is 0 Å². The first-order chi connectivity index (χ1) is 11.9. The molecular weight excluding hydrogens is 314 g/mol. The molecule has 0 radical (unpaired) electrons. The highest BCUT2D eigenvalue weighted by molar-refractivity contribution is 4.91. The van der Waals surface area contributed by atoms with Crippen molar-refractivity contribution in [3.05, 3.63) is 0 Å². The van der Waals surface area contributed by atoms with Crippen LogP contribution in [0.3, 0.4) is 0 Å². The third-order valence-corrected chi connectivity index (χ3v) is 6.94. The molecule has 2 aliphatic carbocycles. The number of hydrogen-bond acceptors (Lipinski definition) is 0. The van der Waals surface area contributed by atoms with Crippen LogP contribution in [0.1, 0.15) is 99.3 Å². The Balaban J connectivity index is 0.00000151. The van der Waals surface area contributed by atoms with Crippen molar-refractivity contribution in [1.29, 1.82) is 0 Å². The topological polar surface area (TPSA) is 0 Å². The Morgan fingerprint density at radius 2 is 1.44 bits per heavy atom. The van der Waals surface area contributed by atoms with Crippen molar-refractivity contribution in [2.45, 2.75) is 112 Å². The quantitative estimate of drug-likeness (QED) is 0.451. The standard InChI is InChI=1S/C21H38F2.C2H6/c1-5-16(8-6-14(2)3)17-9-11-18(12-10-17)19-13-7-15(4)20(22)21(19)23;1-2/h14-21H,5-13H2,1-4H3;1-2H3. The molecule has 0 N–H and O–H groups in total. The molecule has 2 heteroatoms. The van der Waals surface area contributed by atoms with Crippen molar-refractivity contribution < 1.29 is 8.78 Å². The van der Waals surface area contributed by atoms with Gasteiger partial charge in [0.2, 0.25) is 0 Å². The maximum Gasteiger partial charge on any atom is 0.134 e. The summed E-state index contributed by atoms with van der Waals surface area (Å²) in [6, 6.07) is 0. The molecule has 2 saturated carbocycles. The van der Waals surface area contributed by atoms with Gasteiger partial charge in [0.15, 0.2) is 0 Å². The SMILES string of the molecule is CC.CCC(CCC(C)C)C1CCC(C2CCC(C)C(F)C2F)CC1. The molecule has 0 spiro atoms. The molecule has 5 unspecified atom stereocenters. The number of rotatable bonds is 6. The van der Waals surface area contributed by atoms with Crippen LogP contribution in [-0.2, 0) is 0 Å². The number of hydrogen-bond donors (Lipinski definition) is 0. The maximum atomic E-state index is 14.4. The van der Waals surface area contributed by atoms with Gasteiger partial charge < -0.3 is 0 Å². The monoisotopic (exact) mass is 358 g/mol. The highest BCUT2D eigenvalue weighted by Crippen LogP contribution is 2.45. The van der Waals surface area contributed by atoms with Crippen molar-refractivity contribution in [2.75, 3.05) is 0 Å². The fraction of sp³-hybridized carbons (Fsp3) is 1.00. The summed E-state index contributed by atoms with van der Waals surface area (Å²) in [5.41, 5.74) is 0. The zero-order valence-corrected chi connectivity index (χ0v) is 17.7. The summed E-state index contributed by atoms with van der Waals surface area (Å²) in [5, 5.41) is 0. The first kappa shape index (κ1) is 22.9. The van der Waals surface area contributed by atoms with Crippen LogP contribution in [0.2, 0.25) is 0 Å². The Labute approximate surface area is 156 Å². The number of alkyl halides is 2. The molecule has 5 atom stereocenters. The Kier molecular flexibility index (Phi) is 10.6. The van der Waals surface area contributed by atoms with E-state index in [1.54, 1.807) is 0 Å². The van der Waals surface area contributed by atoms with E-state index < -0.39 is 12.3 Å². The van der Waals surface area contributed by atoms with Crippen LogP contribution in [0, 0.1) is 35.5 Å². The highest BCUT2D eigenvalue weighted by Gasteiger charge is 2.42. The molecule has 0 aromatic carbocycles. The highest BCUT2D eigenvalue weighted by atomic mass is 19.2. The van der Waals surface area contributed by atoms with Crippen LogP contribution in [0.25, 0.3) is 0 Å². The van der Waals surface area contributed by atoms with Crippen LogP contribution in [0.15, 0.2) is 0 Å². The molecule has 0 aromatic rings. The van der Waals surface area contributed by atoms with E-state index in [4.69, 9.17) is 0 Å². The van der Waals surface area contributed by atoms with Gasteiger partial charge in [0.1, 0.15) is 12.3 Å². The van der Waals surface area contributed by atoms with Gasteiger partial charge in [-0.15, -0.1) is 0 Å². The second-order valence-electron chi connectivity index (χ2n) is 8.92. The predicted molar refractivity (Wildman–Crippen MR) is 106 cm³/mol. The van der Waals surface area contributed by atoms with E-state index in [2.05, 4.69) is 20.8 Å². The number of halogens is 2. The zero-order chi connectivity index (χ0) is 19.0. The molecule has 150 valence electrons. The Morgan fingerprint density at radius 1 is 0.840 bits per heavy atom. The van der Waals surface area contributed by atoms with Crippen LogP contribution >= 0.6 is 0 Å². The molecule has 0 bridgehead atoms. The van der Waals surface area contributed by atoms with Gasteiger partial charge in [0.05, 0.1) is 0 Å². The lowest BCUT2D eigenvalue weighted by Gasteiger charge is -2.42. The summed E-state index contributed by atoms with van der Waals surface area (Å²) in [6.45, 7) is 12.8. The molecule has 0 aromatic heterocycles. The molecule has 0 aliphatic heterocycles. The van der Waals surface area contributed by atoms with E-state index in [0.717, 1.165) is 43.4 Å². The molecule has 0 heterocycles. The van der Waals surface area contributed by atoms with Gasteiger partial charge in [-0.25, -0.2) is 8.78 Å². The molecule has 0 nitrogen and oxygen atoms in total. The fourth-order valence-corrected chi connectivity index (χ4v) is 5.18. The summed E-state index contributed by atoms with van der Waals surface area (Å²) < 4.78 is 28.5. The fourth-order valence-electron chi connectivity index (χ4n) is 5.18. The lowest BCUT2D eigenvalue weighted by Crippen LogP contribution is -2.41. The van der Waals surface area contributed by atoms with E-state index in [1.165, 1.54) is 32.1 Å². The smallest absolute Gasteiger partial charge is 0.134 e. The van der Waals surface area contributed by atoms with Gasteiger partial charge in [-0.05, 0) is 80.5 Å². The van der Waals surface area contributed by atoms with Gasteiger partial charge >= 0.3 is 0 Å². The zero-order valence-electron chi connectivity index (χ0n) is 17.7. The van der Waals surface area contributed by atoms with Crippen LogP contribution in [0.4, 0.5) is 8.78 Å². The van der Waals surface area contributed by atoms with Crippen molar-refractivity contribution in [3.63, 3.8) is 0 Å². The van der Waals surface area contributed by atoms with Crippen LogP contribution in [0.5, 0.6) is 0 Å². The minimum absolute atomic E-state index is 0.00195. The van der Waals surface area contributed by atoms with Gasteiger partial charge in [-0.2, -0.15) is 0 Å². The van der Waals surface area contributed by atoms with Crippen LogP contribution < -0.4 is 0 Å². The Morgan fingerprint density at radius 3 is 1.96 bits per heavy atom. The third kappa shape index (κ3) is 6.51. The molecule has 2 rings (SSSR count). The summed E-state index contributed by atoms with van der Waals surface area (Å²) in [7, 11) is 0. The van der Waals surface area contributed by atoms with E-state index in [-0.39, 0.29) is 11.8 Å². The largest absolute Gasteiger partial charge is 0.244 e. The normalized spacial score (nSPS) is 37.3. The summed E-state index contributed by atoms with van der Waals surface area (Å²) >= 11 is 0. The molecule has 0 saturated heterocycles. The predicted octanol–water partition coefficient (Wildman–Crippen LogP) is 8.00. The van der Waals surface area contributed by atoms with E-state index in [1.807, 2.05) is 20.8 Å². The average Bonchev–Trinajstić information content (AvgIpc) is 2.62.